The molecule has 0 spiro atoms. The summed E-state index contributed by atoms with van der Waals surface area (Å²) in [5.41, 5.74) is 6.38. The van der Waals surface area contributed by atoms with E-state index in [1.54, 1.807) is 0 Å². The van der Waals surface area contributed by atoms with Crippen molar-refractivity contribution in [2.24, 2.45) is 0 Å². The van der Waals surface area contributed by atoms with Gasteiger partial charge in [0.15, 0.2) is 0 Å². The van der Waals surface area contributed by atoms with Crippen molar-refractivity contribution in [2.75, 3.05) is 0 Å². The van der Waals surface area contributed by atoms with E-state index < -0.39 is 0 Å². The molecule has 0 aliphatic rings. The lowest BCUT2D eigenvalue weighted by molar-refractivity contribution is 1.35. The third kappa shape index (κ3) is 2.73. The fourth-order valence-electron chi connectivity index (χ4n) is 1.74. The van der Waals surface area contributed by atoms with Crippen LogP contribution in [0.1, 0.15) is 30.5 Å². The summed E-state index contributed by atoms with van der Waals surface area (Å²) in [5.74, 6) is 0. The topological polar surface area (TPSA) is 0 Å². The van der Waals surface area contributed by atoms with Gasteiger partial charge in [-0.05, 0) is 50.0 Å². The van der Waals surface area contributed by atoms with Gasteiger partial charge in [-0.25, -0.2) is 0 Å². The van der Waals surface area contributed by atoms with Crippen molar-refractivity contribution in [3.8, 4) is 0 Å². The molecular weight excluding hydrogens is 192 g/mol. The standard InChI is InChI=1S/C16H20/c1-6-8-15(13(4)7-2)16-11-12(3)9-10-14(16)5/h6-11H,2H2,1,3-5H3/b8-6-,15-13+. The fraction of sp³-hybridized carbons (Fsp3) is 0.250. The van der Waals surface area contributed by atoms with E-state index >= 15 is 0 Å². The average molecular weight is 212 g/mol. The van der Waals surface area contributed by atoms with Gasteiger partial charge in [-0.15, -0.1) is 0 Å². The van der Waals surface area contributed by atoms with Crippen LogP contribution in [-0.2, 0) is 0 Å². The molecule has 0 aliphatic carbocycles. The number of rotatable bonds is 3. The van der Waals surface area contributed by atoms with Gasteiger partial charge < -0.3 is 0 Å². The van der Waals surface area contributed by atoms with E-state index in [9.17, 15) is 0 Å². The van der Waals surface area contributed by atoms with Gasteiger partial charge in [0, 0.05) is 0 Å². The molecule has 1 rings (SSSR count). The van der Waals surface area contributed by atoms with Crippen LogP contribution in [-0.4, -0.2) is 0 Å². The van der Waals surface area contributed by atoms with Crippen LogP contribution in [0, 0.1) is 13.8 Å². The maximum atomic E-state index is 3.85. The van der Waals surface area contributed by atoms with Gasteiger partial charge in [0.1, 0.15) is 0 Å². The highest BCUT2D eigenvalue weighted by Gasteiger charge is 2.04. The first-order valence-electron chi connectivity index (χ1n) is 5.63. The summed E-state index contributed by atoms with van der Waals surface area (Å²) in [6, 6.07) is 6.55. The van der Waals surface area contributed by atoms with Gasteiger partial charge >= 0.3 is 0 Å². The van der Waals surface area contributed by atoms with Crippen LogP contribution in [0.3, 0.4) is 0 Å². The molecule has 0 radical (unpaired) electrons. The Kier molecular flexibility index (Phi) is 4.30. The summed E-state index contributed by atoms with van der Waals surface area (Å²) >= 11 is 0. The van der Waals surface area contributed by atoms with E-state index in [0.29, 0.717) is 0 Å². The van der Waals surface area contributed by atoms with Crippen molar-refractivity contribution in [2.45, 2.75) is 27.7 Å². The molecule has 84 valence electrons. The Labute approximate surface area is 99.0 Å². The van der Waals surface area contributed by atoms with E-state index in [2.05, 4.69) is 57.7 Å². The lowest BCUT2D eigenvalue weighted by Gasteiger charge is -2.10. The lowest BCUT2D eigenvalue weighted by atomic mass is 9.94. The Hall–Kier alpha value is -1.56. The van der Waals surface area contributed by atoms with Crippen LogP contribution < -0.4 is 0 Å². The minimum Gasteiger partial charge on any atom is -0.0988 e. The second-order valence-electron chi connectivity index (χ2n) is 4.12. The van der Waals surface area contributed by atoms with Gasteiger partial charge in [-0.3, -0.25) is 0 Å². The first-order chi connectivity index (χ1) is 7.60. The maximum absolute atomic E-state index is 3.85. The number of allylic oxidation sites excluding steroid dienone is 5. The largest absolute Gasteiger partial charge is 0.0988 e. The van der Waals surface area contributed by atoms with Gasteiger partial charge in [0.2, 0.25) is 0 Å². The number of aryl methyl sites for hydroxylation is 2. The second kappa shape index (κ2) is 5.50. The normalized spacial score (nSPS) is 12.8. The van der Waals surface area contributed by atoms with Crippen molar-refractivity contribution in [1.29, 1.82) is 0 Å². The van der Waals surface area contributed by atoms with Crippen LogP contribution in [0.4, 0.5) is 0 Å². The molecule has 0 nitrogen and oxygen atoms in total. The van der Waals surface area contributed by atoms with Gasteiger partial charge in [0.25, 0.3) is 0 Å². The van der Waals surface area contributed by atoms with E-state index in [0.717, 1.165) is 0 Å². The minimum atomic E-state index is 1.21. The fourth-order valence-corrected chi connectivity index (χ4v) is 1.74. The Morgan fingerprint density at radius 2 is 1.94 bits per heavy atom. The summed E-state index contributed by atoms with van der Waals surface area (Å²) in [6.45, 7) is 12.3. The highest BCUT2D eigenvalue weighted by atomic mass is 14.1. The Morgan fingerprint density at radius 1 is 1.25 bits per heavy atom. The third-order valence-corrected chi connectivity index (χ3v) is 2.75. The zero-order valence-electron chi connectivity index (χ0n) is 10.7. The molecule has 0 aliphatic heterocycles. The van der Waals surface area contributed by atoms with Crippen molar-refractivity contribution < 1.29 is 0 Å². The highest BCUT2D eigenvalue weighted by Crippen LogP contribution is 2.25. The highest BCUT2D eigenvalue weighted by molar-refractivity contribution is 5.79. The van der Waals surface area contributed by atoms with E-state index in [-0.39, 0.29) is 0 Å². The number of hydrogen-bond acceptors (Lipinski definition) is 0. The first kappa shape index (κ1) is 12.5. The Morgan fingerprint density at radius 3 is 2.50 bits per heavy atom. The molecule has 0 fully saturated rings. The zero-order valence-corrected chi connectivity index (χ0v) is 10.7. The molecule has 16 heavy (non-hydrogen) atoms. The number of benzene rings is 1. The van der Waals surface area contributed by atoms with Crippen LogP contribution in [0.25, 0.3) is 5.57 Å². The van der Waals surface area contributed by atoms with Crippen molar-refractivity contribution in [3.63, 3.8) is 0 Å². The second-order valence-corrected chi connectivity index (χ2v) is 4.12. The predicted molar refractivity (Wildman–Crippen MR) is 73.5 cm³/mol. The van der Waals surface area contributed by atoms with Crippen molar-refractivity contribution in [3.05, 3.63) is 65.3 Å². The molecule has 0 heteroatoms. The molecule has 0 N–H and O–H groups in total. The van der Waals surface area contributed by atoms with Crippen LogP contribution >= 0.6 is 0 Å². The molecule has 0 atom stereocenters. The Balaban J connectivity index is 3.43. The van der Waals surface area contributed by atoms with E-state index in [1.165, 1.54) is 27.8 Å². The smallest absolute Gasteiger partial charge is 0.0150 e. The molecule has 0 aromatic heterocycles. The quantitative estimate of drug-likeness (QED) is 0.629. The van der Waals surface area contributed by atoms with E-state index in [4.69, 9.17) is 0 Å². The molecule has 0 unspecified atom stereocenters. The van der Waals surface area contributed by atoms with Gasteiger partial charge in [-0.1, -0.05) is 48.6 Å². The molecule has 0 amide bonds. The van der Waals surface area contributed by atoms with Crippen LogP contribution in [0.5, 0.6) is 0 Å². The third-order valence-electron chi connectivity index (χ3n) is 2.75. The Bertz CT molecular complexity index is 445. The lowest BCUT2D eigenvalue weighted by Crippen LogP contribution is -1.90. The van der Waals surface area contributed by atoms with Crippen LogP contribution in [0.2, 0.25) is 0 Å². The van der Waals surface area contributed by atoms with Crippen LogP contribution in [0.15, 0.2) is 48.6 Å². The average Bonchev–Trinajstić information content (AvgIpc) is 2.28. The molecule has 0 saturated carbocycles. The minimum absolute atomic E-state index is 1.21. The summed E-state index contributed by atoms with van der Waals surface area (Å²) < 4.78 is 0. The van der Waals surface area contributed by atoms with Crippen molar-refractivity contribution in [1.82, 2.24) is 0 Å². The van der Waals surface area contributed by atoms with Gasteiger partial charge in [0.05, 0.1) is 0 Å². The van der Waals surface area contributed by atoms with Gasteiger partial charge in [-0.2, -0.15) is 0 Å². The molecule has 0 bridgehead atoms. The summed E-state index contributed by atoms with van der Waals surface area (Å²) in [5, 5.41) is 0. The first-order valence-corrected chi connectivity index (χ1v) is 5.63. The summed E-state index contributed by atoms with van der Waals surface area (Å²) in [4.78, 5) is 0. The number of hydrogen-bond donors (Lipinski definition) is 0. The van der Waals surface area contributed by atoms with Crippen molar-refractivity contribution >= 4 is 5.57 Å². The zero-order chi connectivity index (χ0) is 12.1. The van der Waals surface area contributed by atoms with E-state index in [1.807, 2.05) is 13.0 Å². The molecule has 1 aromatic rings. The molecular formula is C16H20. The monoisotopic (exact) mass is 212 g/mol. The molecule has 1 aromatic carbocycles. The maximum Gasteiger partial charge on any atom is -0.0150 e. The summed E-state index contributed by atoms with van der Waals surface area (Å²) in [6.07, 6.45) is 6.14. The molecule has 0 heterocycles. The summed E-state index contributed by atoms with van der Waals surface area (Å²) in [7, 11) is 0. The molecule has 0 saturated heterocycles. The SMILES string of the molecule is C=C/C(C)=C(\C=C/C)c1cc(C)ccc1C. The predicted octanol–water partition coefficient (Wildman–Crippen LogP) is 4.84.